The van der Waals surface area contributed by atoms with E-state index >= 15 is 0 Å². The van der Waals surface area contributed by atoms with Gasteiger partial charge in [-0.15, -0.1) is 0 Å². The van der Waals surface area contributed by atoms with E-state index in [1.165, 1.54) is 37.8 Å². The van der Waals surface area contributed by atoms with Crippen LogP contribution < -0.4 is 0 Å². The fourth-order valence-corrected chi connectivity index (χ4v) is 1.99. The molecule has 0 atom stereocenters. The van der Waals surface area contributed by atoms with Crippen molar-refractivity contribution in [1.29, 1.82) is 0 Å². The summed E-state index contributed by atoms with van der Waals surface area (Å²) in [6.45, 7) is 4.50. The van der Waals surface area contributed by atoms with Crippen molar-refractivity contribution < 1.29 is 4.79 Å². The summed E-state index contributed by atoms with van der Waals surface area (Å²) >= 11 is 0. The van der Waals surface area contributed by atoms with Crippen LogP contribution in [0.5, 0.6) is 0 Å². The molecule has 0 aliphatic carbocycles. The number of carbonyl (C=O) groups is 1. The van der Waals surface area contributed by atoms with Gasteiger partial charge in [-0.2, -0.15) is 0 Å². The average Bonchev–Trinajstić information content (AvgIpc) is 2.70. The summed E-state index contributed by atoms with van der Waals surface area (Å²) in [5, 5.41) is 0. The summed E-state index contributed by atoms with van der Waals surface area (Å²) < 4.78 is 0. The maximum atomic E-state index is 10.5. The lowest BCUT2D eigenvalue weighted by atomic mass is 10.1. The molecule has 0 bridgehead atoms. The first kappa shape index (κ1) is 11.3. The Morgan fingerprint density at radius 1 is 1.29 bits per heavy atom. The molecule has 2 nitrogen and oxygen atoms in total. The number of likely N-dealkylation sites (tertiary alicyclic amines) is 1. The van der Waals surface area contributed by atoms with E-state index in [0.29, 0.717) is 0 Å². The molecule has 0 aromatic carbocycles. The van der Waals surface area contributed by atoms with Gasteiger partial charge in [-0.1, -0.05) is 19.8 Å². The molecule has 1 aliphatic heterocycles. The van der Waals surface area contributed by atoms with Gasteiger partial charge in [0.05, 0.1) is 0 Å². The molecule has 0 unspecified atom stereocenters. The monoisotopic (exact) mass is 195 g/mol. The molecule has 0 aromatic heterocycles. The third kappa shape index (κ3) is 3.52. The molecule has 2 heteroatoms. The predicted octanol–water partition coefficient (Wildman–Crippen LogP) is 2.75. The quantitative estimate of drug-likeness (QED) is 0.369. The molecule has 1 fully saturated rings. The normalized spacial score (nSPS) is 17.5. The molecule has 1 aliphatic rings. The standard InChI is InChI=1S/C12H21NO/c1-2-3-4-7-12(8-11-14)13-9-5-6-10-13/h8,11H,2-7,9-10H2,1H3/b12-8-. The average molecular weight is 195 g/mol. The van der Waals surface area contributed by atoms with Gasteiger partial charge < -0.3 is 4.90 Å². The van der Waals surface area contributed by atoms with E-state index < -0.39 is 0 Å². The molecule has 0 radical (unpaired) electrons. The second-order valence-corrected chi connectivity index (χ2v) is 3.95. The Hall–Kier alpha value is -0.790. The maximum Gasteiger partial charge on any atom is 0.144 e. The van der Waals surface area contributed by atoms with Crippen LogP contribution in [0.3, 0.4) is 0 Å². The SMILES string of the molecule is CCCCC/C(=C/C=O)N1CCCC1. The van der Waals surface area contributed by atoms with E-state index in [0.717, 1.165) is 25.8 Å². The maximum absolute atomic E-state index is 10.5. The van der Waals surface area contributed by atoms with Gasteiger partial charge in [-0.25, -0.2) is 0 Å². The van der Waals surface area contributed by atoms with Crippen molar-refractivity contribution in [1.82, 2.24) is 4.90 Å². The Kier molecular flexibility index (Phi) is 5.35. The lowest BCUT2D eigenvalue weighted by molar-refractivity contribution is -0.104. The molecular weight excluding hydrogens is 174 g/mol. The molecule has 1 saturated heterocycles. The Bertz CT molecular complexity index is 192. The first-order chi connectivity index (χ1) is 6.88. The number of unbranched alkanes of at least 4 members (excludes halogenated alkanes) is 2. The zero-order valence-corrected chi connectivity index (χ0v) is 9.17. The molecule has 1 heterocycles. The van der Waals surface area contributed by atoms with Crippen LogP contribution in [0.15, 0.2) is 11.8 Å². The van der Waals surface area contributed by atoms with Gasteiger partial charge in [0.15, 0.2) is 0 Å². The minimum absolute atomic E-state index is 0.930. The highest BCUT2D eigenvalue weighted by Gasteiger charge is 2.13. The molecule has 0 amide bonds. The summed E-state index contributed by atoms with van der Waals surface area (Å²) in [7, 11) is 0. The van der Waals surface area contributed by atoms with Crippen molar-refractivity contribution in [3.05, 3.63) is 11.8 Å². The van der Waals surface area contributed by atoms with Crippen molar-refractivity contribution in [2.24, 2.45) is 0 Å². The third-order valence-corrected chi connectivity index (χ3v) is 2.81. The Balaban J connectivity index is 2.38. The van der Waals surface area contributed by atoms with E-state index in [1.807, 2.05) is 0 Å². The van der Waals surface area contributed by atoms with E-state index in [2.05, 4.69) is 11.8 Å². The largest absolute Gasteiger partial charge is 0.375 e. The second kappa shape index (κ2) is 6.63. The predicted molar refractivity (Wildman–Crippen MR) is 59.1 cm³/mol. The molecule has 0 saturated carbocycles. The molecule has 0 aromatic rings. The van der Waals surface area contributed by atoms with Crippen LogP contribution in [0.25, 0.3) is 0 Å². The van der Waals surface area contributed by atoms with Crippen LogP contribution in [-0.2, 0) is 4.79 Å². The number of carbonyl (C=O) groups excluding carboxylic acids is 1. The van der Waals surface area contributed by atoms with Crippen molar-refractivity contribution >= 4 is 6.29 Å². The molecule has 14 heavy (non-hydrogen) atoms. The highest BCUT2D eigenvalue weighted by molar-refractivity contribution is 5.65. The smallest absolute Gasteiger partial charge is 0.144 e. The minimum Gasteiger partial charge on any atom is -0.375 e. The topological polar surface area (TPSA) is 20.3 Å². The van der Waals surface area contributed by atoms with Crippen LogP contribution >= 0.6 is 0 Å². The van der Waals surface area contributed by atoms with Crippen LogP contribution in [0.1, 0.15) is 45.4 Å². The van der Waals surface area contributed by atoms with Crippen molar-refractivity contribution in [3.63, 3.8) is 0 Å². The number of aldehydes is 1. The highest BCUT2D eigenvalue weighted by Crippen LogP contribution is 2.19. The molecule has 1 rings (SSSR count). The van der Waals surface area contributed by atoms with E-state index in [1.54, 1.807) is 6.08 Å². The number of allylic oxidation sites excluding steroid dienone is 2. The summed E-state index contributed by atoms with van der Waals surface area (Å²) in [5.41, 5.74) is 1.26. The summed E-state index contributed by atoms with van der Waals surface area (Å²) in [6.07, 6.45) is 10.0. The van der Waals surface area contributed by atoms with Crippen LogP contribution in [0.2, 0.25) is 0 Å². The zero-order valence-electron chi connectivity index (χ0n) is 9.17. The lowest BCUT2D eigenvalue weighted by Crippen LogP contribution is -2.18. The fourth-order valence-electron chi connectivity index (χ4n) is 1.99. The van der Waals surface area contributed by atoms with Gasteiger partial charge in [0, 0.05) is 18.8 Å². The fraction of sp³-hybridized carbons (Fsp3) is 0.750. The van der Waals surface area contributed by atoms with Crippen molar-refractivity contribution in [2.75, 3.05) is 13.1 Å². The Morgan fingerprint density at radius 2 is 2.00 bits per heavy atom. The van der Waals surface area contributed by atoms with Gasteiger partial charge in [0.1, 0.15) is 6.29 Å². The first-order valence-corrected chi connectivity index (χ1v) is 5.77. The highest BCUT2D eigenvalue weighted by atomic mass is 16.1. The van der Waals surface area contributed by atoms with E-state index in [-0.39, 0.29) is 0 Å². The van der Waals surface area contributed by atoms with E-state index in [9.17, 15) is 4.79 Å². The van der Waals surface area contributed by atoms with Gasteiger partial charge in [-0.3, -0.25) is 4.79 Å². The minimum atomic E-state index is 0.930. The first-order valence-electron chi connectivity index (χ1n) is 5.77. The lowest BCUT2D eigenvalue weighted by Gasteiger charge is -2.20. The van der Waals surface area contributed by atoms with Crippen molar-refractivity contribution in [2.45, 2.75) is 45.4 Å². The molecule has 80 valence electrons. The Morgan fingerprint density at radius 3 is 2.57 bits per heavy atom. The van der Waals surface area contributed by atoms with Gasteiger partial charge in [0.2, 0.25) is 0 Å². The van der Waals surface area contributed by atoms with Gasteiger partial charge >= 0.3 is 0 Å². The van der Waals surface area contributed by atoms with Crippen LogP contribution in [0.4, 0.5) is 0 Å². The molecule has 0 spiro atoms. The summed E-state index contributed by atoms with van der Waals surface area (Å²) in [4.78, 5) is 12.9. The number of nitrogens with zero attached hydrogens (tertiary/aromatic N) is 1. The molecule has 0 N–H and O–H groups in total. The number of hydrogen-bond donors (Lipinski definition) is 0. The van der Waals surface area contributed by atoms with Crippen LogP contribution in [0, 0.1) is 0 Å². The van der Waals surface area contributed by atoms with Gasteiger partial charge in [0.25, 0.3) is 0 Å². The summed E-state index contributed by atoms with van der Waals surface area (Å²) in [6, 6.07) is 0. The number of rotatable bonds is 6. The van der Waals surface area contributed by atoms with Gasteiger partial charge in [-0.05, 0) is 31.8 Å². The van der Waals surface area contributed by atoms with E-state index in [4.69, 9.17) is 0 Å². The third-order valence-electron chi connectivity index (χ3n) is 2.81. The zero-order chi connectivity index (χ0) is 10.2. The van der Waals surface area contributed by atoms with Crippen molar-refractivity contribution in [3.8, 4) is 0 Å². The second-order valence-electron chi connectivity index (χ2n) is 3.95. The number of hydrogen-bond acceptors (Lipinski definition) is 2. The van der Waals surface area contributed by atoms with Crippen LogP contribution in [-0.4, -0.2) is 24.3 Å². The molecular formula is C12H21NO. The Labute approximate surface area is 87.0 Å². The summed E-state index contributed by atoms with van der Waals surface area (Å²) in [5.74, 6) is 0.